The zero-order chi connectivity index (χ0) is 25.3. The first-order chi connectivity index (χ1) is 16.6. The van der Waals surface area contributed by atoms with Crippen LogP contribution in [0.1, 0.15) is 30.0 Å². The molecule has 1 aliphatic rings. The zero-order valence-corrected chi connectivity index (χ0v) is 20.8. The molecule has 0 aliphatic carbocycles. The average molecular weight is 496 g/mol. The van der Waals surface area contributed by atoms with Crippen molar-refractivity contribution in [3.63, 3.8) is 0 Å². The van der Waals surface area contributed by atoms with Crippen molar-refractivity contribution in [2.24, 2.45) is 11.8 Å². The number of carbonyl (C=O) groups is 2. The summed E-state index contributed by atoms with van der Waals surface area (Å²) in [6, 6.07) is 13.4. The van der Waals surface area contributed by atoms with Gasteiger partial charge in [-0.05, 0) is 55.2 Å². The first-order valence-corrected chi connectivity index (χ1v) is 12.9. The number of para-hydroxylation sites is 1. The van der Waals surface area contributed by atoms with Gasteiger partial charge in [0.05, 0.1) is 4.90 Å². The molecular formula is C26H29N3O5S. The summed E-state index contributed by atoms with van der Waals surface area (Å²) in [4.78, 5) is 24.6. The van der Waals surface area contributed by atoms with Crippen LogP contribution in [0.5, 0.6) is 0 Å². The largest absolute Gasteiger partial charge is 0.451 e. The predicted octanol–water partition coefficient (Wildman–Crippen LogP) is 3.94. The first-order valence-electron chi connectivity index (χ1n) is 11.4. The second-order valence-electron chi connectivity index (χ2n) is 9.05. The summed E-state index contributed by atoms with van der Waals surface area (Å²) < 4.78 is 33.7. The molecule has 35 heavy (non-hydrogen) atoms. The number of aryl methyl sites for hydroxylation is 1. The van der Waals surface area contributed by atoms with Crippen LogP contribution in [-0.4, -0.2) is 43.7 Å². The van der Waals surface area contributed by atoms with Gasteiger partial charge in [0.15, 0.2) is 5.76 Å². The fourth-order valence-electron chi connectivity index (χ4n) is 4.65. The summed E-state index contributed by atoms with van der Waals surface area (Å²) >= 11 is 0. The van der Waals surface area contributed by atoms with Crippen LogP contribution in [0.3, 0.4) is 0 Å². The molecule has 0 spiro atoms. The van der Waals surface area contributed by atoms with Gasteiger partial charge < -0.3 is 15.1 Å². The van der Waals surface area contributed by atoms with Crippen LogP contribution in [0.25, 0.3) is 11.0 Å². The van der Waals surface area contributed by atoms with E-state index in [0.717, 1.165) is 10.9 Å². The molecular weight excluding hydrogens is 466 g/mol. The van der Waals surface area contributed by atoms with E-state index in [2.05, 4.69) is 17.2 Å². The molecule has 1 aliphatic heterocycles. The van der Waals surface area contributed by atoms with Crippen molar-refractivity contribution in [1.82, 2.24) is 9.62 Å². The molecule has 1 aromatic heterocycles. The Morgan fingerprint density at radius 3 is 2.29 bits per heavy atom. The Labute approximate surface area is 205 Å². The smallest absolute Gasteiger partial charge is 0.291 e. The number of sulfonamides is 1. The summed E-state index contributed by atoms with van der Waals surface area (Å²) in [5.41, 5.74) is 1.84. The summed E-state index contributed by atoms with van der Waals surface area (Å²) in [5, 5.41) is 6.55. The molecule has 2 unspecified atom stereocenters. The Morgan fingerprint density at radius 2 is 1.69 bits per heavy atom. The van der Waals surface area contributed by atoms with Crippen LogP contribution in [0.4, 0.5) is 5.69 Å². The van der Waals surface area contributed by atoms with Gasteiger partial charge in [-0.25, -0.2) is 8.42 Å². The first kappa shape index (κ1) is 24.7. The van der Waals surface area contributed by atoms with E-state index in [1.54, 1.807) is 18.2 Å². The van der Waals surface area contributed by atoms with Crippen LogP contribution in [0, 0.1) is 18.8 Å². The van der Waals surface area contributed by atoms with Crippen molar-refractivity contribution in [3.05, 3.63) is 72.5 Å². The topological polar surface area (TPSA) is 109 Å². The highest BCUT2D eigenvalue weighted by atomic mass is 32.2. The van der Waals surface area contributed by atoms with E-state index in [0.29, 0.717) is 24.4 Å². The summed E-state index contributed by atoms with van der Waals surface area (Å²) in [6.45, 7) is 9.72. The molecule has 184 valence electrons. The molecule has 2 heterocycles. The number of rotatable bonds is 6. The van der Waals surface area contributed by atoms with E-state index in [-0.39, 0.29) is 34.4 Å². The van der Waals surface area contributed by atoms with Crippen molar-refractivity contribution < 1.29 is 22.4 Å². The molecule has 4 rings (SSSR count). The van der Waals surface area contributed by atoms with Gasteiger partial charge in [-0.2, -0.15) is 4.31 Å². The second kappa shape index (κ2) is 9.67. The number of nitrogens with one attached hydrogen (secondary N) is 2. The van der Waals surface area contributed by atoms with Gasteiger partial charge in [0.2, 0.25) is 15.9 Å². The van der Waals surface area contributed by atoms with Crippen LogP contribution in [0.15, 0.2) is 70.5 Å². The Morgan fingerprint density at radius 1 is 1.06 bits per heavy atom. The molecule has 0 saturated carbocycles. The molecule has 8 nitrogen and oxygen atoms in total. The standard InChI is InChI=1S/C26H29N3O5S/c1-5-23(30)28-24-16(2)14-29(15-17(24)3)35(32,33)20-12-10-19(11-13-20)27-26(31)25-18(4)21-8-6-7-9-22(21)34-25/h5-13,16-17,24H,1,14-15H2,2-4H3,(H,27,31)(H,28,30). The lowest BCUT2D eigenvalue weighted by molar-refractivity contribution is -0.118. The summed E-state index contributed by atoms with van der Waals surface area (Å²) in [5.74, 6) is -0.579. The third-order valence-corrected chi connectivity index (χ3v) is 8.35. The normalized spacial score (nSPS) is 20.9. The van der Waals surface area contributed by atoms with E-state index in [4.69, 9.17) is 4.42 Å². The third-order valence-electron chi connectivity index (χ3n) is 6.50. The molecule has 2 atom stereocenters. The van der Waals surface area contributed by atoms with Gasteiger partial charge in [-0.3, -0.25) is 9.59 Å². The maximum Gasteiger partial charge on any atom is 0.291 e. The van der Waals surface area contributed by atoms with E-state index < -0.39 is 15.9 Å². The Kier molecular flexibility index (Phi) is 6.82. The van der Waals surface area contributed by atoms with Crippen molar-refractivity contribution in [3.8, 4) is 0 Å². The monoisotopic (exact) mass is 495 g/mol. The number of carbonyl (C=O) groups excluding carboxylic acids is 2. The van der Waals surface area contributed by atoms with Gasteiger partial charge in [0.1, 0.15) is 5.58 Å². The van der Waals surface area contributed by atoms with Crippen molar-refractivity contribution in [1.29, 1.82) is 0 Å². The SMILES string of the molecule is C=CC(=O)NC1C(C)CN(S(=O)(=O)c2ccc(NC(=O)c3oc4ccccc4c3C)cc2)CC1C. The molecule has 1 saturated heterocycles. The average Bonchev–Trinajstić information content (AvgIpc) is 3.18. The number of piperidine rings is 1. The highest BCUT2D eigenvalue weighted by Crippen LogP contribution is 2.29. The minimum absolute atomic E-state index is 0.0666. The van der Waals surface area contributed by atoms with Crippen LogP contribution in [-0.2, 0) is 14.8 Å². The Balaban J connectivity index is 1.47. The highest BCUT2D eigenvalue weighted by molar-refractivity contribution is 7.89. The minimum atomic E-state index is -3.74. The Bertz CT molecular complexity index is 1370. The lowest BCUT2D eigenvalue weighted by Gasteiger charge is -2.40. The number of amides is 2. The Hall–Kier alpha value is -3.43. The lowest BCUT2D eigenvalue weighted by atomic mass is 9.87. The number of fused-ring (bicyclic) bond motifs is 1. The molecule has 2 aromatic carbocycles. The molecule has 3 aromatic rings. The van der Waals surface area contributed by atoms with Gasteiger partial charge in [-0.1, -0.05) is 38.6 Å². The van der Waals surface area contributed by atoms with Crippen molar-refractivity contribution in [2.75, 3.05) is 18.4 Å². The molecule has 2 N–H and O–H groups in total. The highest BCUT2D eigenvalue weighted by Gasteiger charge is 2.38. The zero-order valence-electron chi connectivity index (χ0n) is 19.9. The number of hydrogen-bond acceptors (Lipinski definition) is 5. The summed E-state index contributed by atoms with van der Waals surface area (Å²) in [7, 11) is -3.74. The maximum absolute atomic E-state index is 13.3. The van der Waals surface area contributed by atoms with Gasteiger partial charge in [0, 0.05) is 35.8 Å². The van der Waals surface area contributed by atoms with Crippen LogP contribution >= 0.6 is 0 Å². The van der Waals surface area contributed by atoms with Gasteiger partial charge in [-0.15, -0.1) is 0 Å². The molecule has 0 bridgehead atoms. The minimum Gasteiger partial charge on any atom is -0.451 e. The van der Waals surface area contributed by atoms with E-state index in [9.17, 15) is 18.0 Å². The number of benzene rings is 2. The quantitative estimate of drug-likeness (QED) is 0.504. The fraction of sp³-hybridized carbons (Fsp3) is 0.308. The number of hydrogen-bond donors (Lipinski definition) is 2. The number of furan rings is 1. The predicted molar refractivity (Wildman–Crippen MR) is 135 cm³/mol. The van der Waals surface area contributed by atoms with Crippen molar-refractivity contribution in [2.45, 2.75) is 31.7 Å². The second-order valence-corrected chi connectivity index (χ2v) is 11.0. The van der Waals surface area contributed by atoms with E-state index in [1.807, 2.05) is 39.0 Å². The van der Waals surface area contributed by atoms with Gasteiger partial charge >= 0.3 is 0 Å². The number of nitrogens with zero attached hydrogens (tertiary/aromatic N) is 1. The third kappa shape index (κ3) is 4.87. The molecule has 9 heteroatoms. The van der Waals surface area contributed by atoms with E-state index >= 15 is 0 Å². The molecule has 2 amide bonds. The maximum atomic E-state index is 13.3. The molecule has 0 radical (unpaired) electrons. The number of anilines is 1. The van der Waals surface area contributed by atoms with Crippen LogP contribution in [0.2, 0.25) is 0 Å². The lowest BCUT2D eigenvalue weighted by Crippen LogP contribution is -2.55. The van der Waals surface area contributed by atoms with Crippen molar-refractivity contribution >= 4 is 38.5 Å². The fourth-order valence-corrected chi connectivity index (χ4v) is 6.29. The van der Waals surface area contributed by atoms with Crippen LogP contribution < -0.4 is 10.6 Å². The summed E-state index contributed by atoms with van der Waals surface area (Å²) in [6.07, 6.45) is 1.22. The van der Waals surface area contributed by atoms with Gasteiger partial charge in [0.25, 0.3) is 5.91 Å². The van der Waals surface area contributed by atoms with E-state index in [1.165, 1.54) is 22.5 Å². The molecule has 1 fully saturated rings.